The third-order valence-corrected chi connectivity index (χ3v) is 3.95. The van der Waals surface area contributed by atoms with Crippen LogP contribution in [0.1, 0.15) is 31.0 Å². The van der Waals surface area contributed by atoms with Gasteiger partial charge in [-0.2, -0.15) is 0 Å². The van der Waals surface area contributed by atoms with Gasteiger partial charge in [0.1, 0.15) is 11.5 Å². The van der Waals surface area contributed by atoms with E-state index in [2.05, 4.69) is 51.7 Å². The van der Waals surface area contributed by atoms with Crippen LogP contribution in [-0.2, 0) is 0 Å². The lowest BCUT2D eigenvalue weighted by Crippen LogP contribution is -2.07. The highest BCUT2D eigenvalue weighted by Crippen LogP contribution is 2.28. The number of anilines is 1. The maximum atomic E-state index is 4.69. The highest BCUT2D eigenvalue weighted by Gasteiger charge is 2.16. The minimum absolute atomic E-state index is 0.352. The van der Waals surface area contributed by atoms with Crippen LogP contribution >= 0.6 is 22.6 Å². The van der Waals surface area contributed by atoms with E-state index in [0.717, 1.165) is 26.3 Å². The Kier molecular flexibility index (Phi) is 4.34. The van der Waals surface area contributed by atoms with Gasteiger partial charge in [0.15, 0.2) is 5.82 Å². The van der Waals surface area contributed by atoms with Crippen molar-refractivity contribution in [1.29, 1.82) is 0 Å². The molecule has 0 atom stereocenters. The molecule has 2 heterocycles. The fourth-order valence-corrected chi connectivity index (χ4v) is 2.97. The standard InChI is InChI=1S/C14H17IN4/c1-8(2)11-10(15)13(16-4)19-14(18-11)12-9(3)6-5-7-17-12/h5-8H,1-4H3,(H,16,18,19). The molecule has 0 radical (unpaired) electrons. The average Bonchev–Trinajstić information content (AvgIpc) is 2.39. The van der Waals surface area contributed by atoms with Gasteiger partial charge in [-0.15, -0.1) is 0 Å². The van der Waals surface area contributed by atoms with E-state index in [1.54, 1.807) is 6.20 Å². The van der Waals surface area contributed by atoms with E-state index >= 15 is 0 Å². The minimum atomic E-state index is 0.352. The second-order valence-electron chi connectivity index (χ2n) is 4.67. The summed E-state index contributed by atoms with van der Waals surface area (Å²) in [6, 6.07) is 3.95. The smallest absolute Gasteiger partial charge is 0.180 e. The van der Waals surface area contributed by atoms with E-state index in [1.165, 1.54) is 0 Å². The maximum absolute atomic E-state index is 4.69. The second-order valence-corrected chi connectivity index (χ2v) is 5.75. The predicted molar refractivity (Wildman–Crippen MR) is 86.4 cm³/mol. The summed E-state index contributed by atoms with van der Waals surface area (Å²) in [6.07, 6.45) is 1.78. The molecule has 4 nitrogen and oxygen atoms in total. The van der Waals surface area contributed by atoms with Crippen molar-refractivity contribution in [3.8, 4) is 11.5 Å². The molecule has 0 unspecified atom stereocenters. The zero-order valence-electron chi connectivity index (χ0n) is 11.5. The van der Waals surface area contributed by atoms with Crippen LogP contribution in [0.4, 0.5) is 5.82 Å². The normalized spacial score (nSPS) is 10.8. The highest BCUT2D eigenvalue weighted by molar-refractivity contribution is 14.1. The van der Waals surface area contributed by atoms with Crippen molar-refractivity contribution >= 4 is 28.4 Å². The maximum Gasteiger partial charge on any atom is 0.180 e. The summed E-state index contributed by atoms with van der Waals surface area (Å²) >= 11 is 2.29. The number of halogens is 1. The summed E-state index contributed by atoms with van der Waals surface area (Å²) in [4.78, 5) is 13.7. The Hall–Kier alpha value is -1.24. The Morgan fingerprint density at radius 3 is 2.58 bits per heavy atom. The van der Waals surface area contributed by atoms with Crippen LogP contribution in [0.15, 0.2) is 18.3 Å². The first-order chi connectivity index (χ1) is 9.04. The Balaban J connectivity index is 2.65. The zero-order valence-corrected chi connectivity index (χ0v) is 13.7. The first-order valence-electron chi connectivity index (χ1n) is 6.21. The Bertz CT molecular complexity index is 596. The molecule has 100 valence electrons. The quantitative estimate of drug-likeness (QED) is 0.841. The Morgan fingerprint density at radius 1 is 1.26 bits per heavy atom. The average molecular weight is 368 g/mol. The number of nitrogens with one attached hydrogen (secondary N) is 1. The topological polar surface area (TPSA) is 50.7 Å². The van der Waals surface area contributed by atoms with Crippen molar-refractivity contribution < 1.29 is 0 Å². The molecular formula is C14H17IN4. The van der Waals surface area contributed by atoms with Gasteiger partial charge >= 0.3 is 0 Å². The zero-order chi connectivity index (χ0) is 14.0. The van der Waals surface area contributed by atoms with Gasteiger partial charge in [0.05, 0.1) is 9.26 Å². The van der Waals surface area contributed by atoms with Crippen LogP contribution in [0, 0.1) is 10.5 Å². The molecule has 0 aliphatic carbocycles. The summed E-state index contributed by atoms with van der Waals surface area (Å²) < 4.78 is 1.08. The molecule has 0 amide bonds. The van der Waals surface area contributed by atoms with Gasteiger partial charge in [-0.05, 0) is 47.1 Å². The lowest BCUT2D eigenvalue weighted by Gasteiger charge is -2.13. The van der Waals surface area contributed by atoms with Gasteiger partial charge in [-0.25, -0.2) is 9.97 Å². The fraction of sp³-hybridized carbons (Fsp3) is 0.357. The number of hydrogen-bond donors (Lipinski definition) is 1. The minimum Gasteiger partial charge on any atom is -0.372 e. The Morgan fingerprint density at radius 2 is 2.00 bits per heavy atom. The molecule has 0 bridgehead atoms. The van der Waals surface area contributed by atoms with Crippen molar-refractivity contribution in [2.24, 2.45) is 0 Å². The van der Waals surface area contributed by atoms with Crippen molar-refractivity contribution in [1.82, 2.24) is 15.0 Å². The molecule has 0 spiro atoms. The molecule has 2 aromatic rings. The van der Waals surface area contributed by atoms with Crippen LogP contribution < -0.4 is 5.32 Å². The first-order valence-corrected chi connectivity index (χ1v) is 7.29. The van der Waals surface area contributed by atoms with E-state index in [0.29, 0.717) is 11.7 Å². The van der Waals surface area contributed by atoms with E-state index in [-0.39, 0.29) is 0 Å². The van der Waals surface area contributed by atoms with Crippen LogP contribution in [-0.4, -0.2) is 22.0 Å². The number of rotatable bonds is 3. The molecule has 5 heteroatoms. The Labute approximate surface area is 127 Å². The largest absolute Gasteiger partial charge is 0.372 e. The molecule has 19 heavy (non-hydrogen) atoms. The number of nitrogens with zero attached hydrogens (tertiary/aromatic N) is 3. The monoisotopic (exact) mass is 368 g/mol. The first kappa shape index (κ1) is 14.2. The lowest BCUT2D eigenvalue weighted by atomic mass is 10.1. The second kappa shape index (κ2) is 5.81. The molecule has 2 aromatic heterocycles. The summed E-state index contributed by atoms with van der Waals surface area (Å²) in [5, 5.41) is 3.13. The van der Waals surface area contributed by atoms with E-state index in [4.69, 9.17) is 4.98 Å². The van der Waals surface area contributed by atoms with Crippen LogP contribution in [0.3, 0.4) is 0 Å². The summed E-state index contributed by atoms with van der Waals surface area (Å²) in [7, 11) is 1.88. The molecule has 0 fully saturated rings. The summed E-state index contributed by atoms with van der Waals surface area (Å²) in [5.74, 6) is 1.90. The number of hydrogen-bond acceptors (Lipinski definition) is 4. The van der Waals surface area contributed by atoms with Crippen LogP contribution in [0.2, 0.25) is 0 Å². The molecule has 2 rings (SSSR count). The van der Waals surface area contributed by atoms with Crippen molar-refractivity contribution in [3.05, 3.63) is 33.2 Å². The molecule has 0 aliphatic rings. The number of pyridine rings is 1. The van der Waals surface area contributed by atoms with Gasteiger partial charge in [0, 0.05) is 13.2 Å². The third kappa shape index (κ3) is 2.86. The molecule has 1 N–H and O–H groups in total. The SMILES string of the molecule is CNc1nc(-c2ncccc2C)nc(C(C)C)c1I. The number of aromatic nitrogens is 3. The fourth-order valence-electron chi connectivity index (χ4n) is 1.84. The molecule has 0 aromatic carbocycles. The molecule has 0 aliphatic heterocycles. The third-order valence-electron chi connectivity index (χ3n) is 2.88. The molecule has 0 saturated heterocycles. The number of aryl methyl sites for hydroxylation is 1. The van der Waals surface area contributed by atoms with Crippen molar-refractivity contribution in [3.63, 3.8) is 0 Å². The van der Waals surface area contributed by atoms with E-state index < -0.39 is 0 Å². The van der Waals surface area contributed by atoms with Gasteiger partial charge in [-0.3, -0.25) is 4.98 Å². The lowest BCUT2D eigenvalue weighted by molar-refractivity contribution is 0.808. The van der Waals surface area contributed by atoms with E-state index in [1.807, 2.05) is 26.1 Å². The predicted octanol–water partition coefficient (Wildman–Crippen LogP) is 3.62. The molecular weight excluding hydrogens is 351 g/mol. The highest BCUT2D eigenvalue weighted by atomic mass is 127. The van der Waals surface area contributed by atoms with Gasteiger partial charge in [-0.1, -0.05) is 19.9 Å². The van der Waals surface area contributed by atoms with Crippen molar-refractivity contribution in [2.45, 2.75) is 26.7 Å². The van der Waals surface area contributed by atoms with Gasteiger partial charge in [0.25, 0.3) is 0 Å². The molecule has 0 saturated carbocycles. The van der Waals surface area contributed by atoms with Gasteiger partial charge in [0.2, 0.25) is 0 Å². The van der Waals surface area contributed by atoms with Crippen molar-refractivity contribution in [2.75, 3.05) is 12.4 Å². The van der Waals surface area contributed by atoms with Crippen LogP contribution in [0.25, 0.3) is 11.5 Å². The van der Waals surface area contributed by atoms with Crippen LogP contribution in [0.5, 0.6) is 0 Å². The summed E-state index contributed by atoms with van der Waals surface area (Å²) in [5.41, 5.74) is 2.98. The van der Waals surface area contributed by atoms with Gasteiger partial charge < -0.3 is 5.32 Å². The summed E-state index contributed by atoms with van der Waals surface area (Å²) in [6.45, 7) is 6.30. The van der Waals surface area contributed by atoms with E-state index in [9.17, 15) is 0 Å².